The Morgan fingerprint density at radius 1 is 0.667 bits per heavy atom. The summed E-state index contributed by atoms with van der Waals surface area (Å²) in [6.45, 7) is 0. The van der Waals surface area contributed by atoms with Crippen molar-refractivity contribution in [2.45, 2.75) is 12.0 Å². The number of aliphatic hydroxyl groups excluding tert-OH is 1. The molecule has 1 aromatic heterocycles. The van der Waals surface area contributed by atoms with E-state index < -0.39 is 6.10 Å². The summed E-state index contributed by atoms with van der Waals surface area (Å²) in [4.78, 5) is 4.44. The summed E-state index contributed by atoms with van der Waals surface area (Å²) in [5, 5.41) is 10.8. The van der Waals surface area contributed by atoms with E-state index >= 15 is 0 Å². The van der Waals surface area contributed by atoms with Gasteiger partial charge in [0.1, 0.15) is 0 Å². The Hall–Kier alpha value is -2.45. The quantitative estimate of drug-likeness (QED) is 0.782. The minimum absolute atomic E-state index is 0.171. The van der Waals surface area contributed by atoms with Gasteiger partial charge >= 0.3 is 0 Å². The molecule has 2 aromatic carbocycles. The number of pyridine rings is 1. The third kappa shape index (κ3) is 3.01. The molecule has 3 aromatic rings. The van der Waals surface area contributed by atoms with Crippen molar-refractivity contribution in [2.75, 3.05) is 0 Å². The SMILES string of the molecule is O[C@H](c1ccccc1)[C@@H](c1ccccc1)c1ccccn1. The molecule has 0 aliphatic carbocycles. The Morgan fingerprint density at radius 3 is 1.81 bits per heavy atom. The van der Waals surface area contributed by atoms with Crippen LogP contribution in [0.25, 0.3) is 0 Å². The lowest BCUT2D eigenvalue weighted by Crippen LogP contribution is -2.13. The van der Waals surface area contributed by atoms with Crippen molar-refractivity contribution in [1.29, 1.82) is 0 Å². The zero-order chi connectivity index (χ0) is 14.5. The molecule has 1 N–H and O–H groups in total. The number of hydrogen-bond donors (Lipinski definition) is 1. The van der Waals surface area contributed by atoms with Gasteiger partial charge in [-0.1, -0.05) is 66.7 Å². The van der Waals surface area contributed by atoms with Gasteiger partial charge in [-0.15, -0.1) is 0 Å². The highest BCUT2D eigenvalue weighted by molar-refractivity contribution is 5.33. The summed E-state index contributed by atoms with van der Waals surface area (Å²) in [6.07, 6.45) is 1.15. The van der Waals surface area contributed by atoms with E-state index in [-0.39, 0.29) is 5.92 Å². The van der Waals surface area contributed by atoms with E-state index in [1.165, 1.54) is 0 Å². The van der Waals surface area contributed by atoms with E-state index in [0.29, 0.717) is 0 Å². The molecule has 21 heavy (non-hydrogen) atoms. The topological polar surface area (TPSA) is 33.1 Å². The fraction of sp³-hybridized carbons (Fsp3) is 0.105. The van der Waals surface area contributed by atoms with E-state index in [1.807, 2.05) is 78.9 Å². The lowest BCUT2D eigenvalue weighted by Gasteiger charge is -2.23. The van der Waals surface area contributed by atoms with E-state index in [9.17, 15) is 5.11 Å². The Morgan fingerprint density at radius 2 is 1.24 bits per heavy atom. The highest BCUT2D eigenvalue weighted by Gasteiger charge is 2.25. The molecular weight excluding hydrogens is 258 g/mol. The number of benzene rings is 2. The highest BCUT2D eigenvalue weighted by atomic mass is 16.3. The Kier molecular flexibility index (Phi) is 4.08. The first-order valence-electron chi connectivity index (χ1n) is 7.05. The van der Waals surface area contributed by atoms with Crippen LogP contribution in [0, 0.1) is 0 Å². The zero-order valence-corrected chi connectivity index (χ0v) is 11.6. The lowest BCUT2D eigenvalue weighted by atomic mass is 9.86. The molecule has 0 unspecified atom stereocenters. The molecule has 0 fully saturated rings. The van der Waals surface area contributed by atoms with E-state index in [1.54, 1.807) is 6.20 Å². The highest BCUT2D eigenvalue weighted by Crippen LogP contribution is 2.35. The van der Waals surface area contributed by atoms with Crippen molar-refractivity contribution >= 4 is 0 Å². The number of rotatable bonds is 4. The van der Waals surface area contributed by atoms with E-state index in [4.69, 9.17) is 0 Å². The summed E-state index contributed by atoms with van der Waals surface area (Å²) >= 11 is 0. The number of hydrogen-bond acceptors (Lipinski definition) is 2. The van der Waals surface area contributed by atoms with Gasteiger partial charge in [-0.2, -0.15) is 0 Å². The average molecular weight is 275 g/mol. The Balaban J connectivity index is 2.05. The van der Waals surface area contributed by atoms with Crippen molar-refractivity contribution in [3.8, 4) is 0 Å². The summed E-state index contributed by atoms with van der Waals surface area (Å²) in [5.74, 6) is -0.171. The molecule has 2 nitrogen and oxygen atoms in total. The van der Waals surface area contributed by atoms with Gasteiger partial charge in [0.25, 0.3) is 0 Å². The molecular formula is C19H17NO. The van der Waals surface area contributed by atoms with Gasteiger partial charge in [0, 0.05) is 6.20 Å². The van der Waals surface area contributed by atoms with Gasteiger partial charge in [0.2, 0.25) is 0 Å². The van der Waals surface area contributed by atoms with Gasteiger partial charge in [-0.05, 0) is 23.3 Å². The molecule has 0 amide bonds. The molecule has 3 rings (SSSR count). The van der Waals surface area contributed by atoms with Gasteiger partial charge in [0.05, 0.1) is 17.7 Å². The molecule has 0 saturated heterocycles. The zero-order valence-electron chi connectivity index (χ0n) is 11.6. The largest absolute Gasteiger partial charge is 0.387 e. The van der Waals surface area contributed by atoms with Crippen LogP contribution in [0.2, 0.25) is 0 Å². The number of aliphatic hydroxyl groups is 1. The average Bonchev–Trinajstić information content (AvgIpc) is 2.58. The van der Waals surface area contributed by atoms with Crippen molar-refractivity contribution in [2.24, 2.45) is 0 Å². The van der Waals surface area contributed by atoms with Gasteiger partial charge in [-0.25, -0.2) is 0 Å². The first-order chi connectivity index (χ1) is 10.4. The Bertz CT molecular complexity index is 628. The molecule has 0 aliphatic heterocycles. The van der Waals surface area contributed by atoms with E-state index in [0.717, 1.165) is 16.8 Å². The van der Waals surface area contributed by atoms with Crippen LogP contribution in [0.1, 0.15) is 28.8 Å². The first-order valence-corrected chi connectivity index (χ1v) is 7.05. The third-order valence-electron chi connectivity index (χ3n) is 3.62. The second-order valence-corrected chi connectivity index (χ2v) is 5.00. The number of aromatic nitrogens is 1. The van der Waals surface area contributed by atoms with E-state index in [2.05, 4.69) is 4.98 Å². The summed E-state index contributed by atoms with van der Waals surface area (Å²) in [7, 11) is 0. The van der Waals surface area contributed by atoms with Crippen molar-refractivity contribution in [1.82, 2.24) is 4.98 Å². The summed E-state index contributed by atoms with van der Waals surface area (Å²) in [5.41, 5.74) is 2.84. The summed E-state index contributed by atoms with van der Waals surface area (Å²) in [6, 6.07) is 25.6. The maximum Gasteiger partial charge on any atom is 0.0914 e. The van der Waals surface area contributed by atoms with Crippen LogP contribution in [0.15, 0.2) is 85.1 Å². The minimum atomic E-state index is -0.622. The van der Waals surface area contributed by atoms with Gasteiger partial charge in [0.15, 0.2) is 0 Å². The van der Waals surface area contributed by atoms with Crippen LogP contribution >= 0.6 is 0 Å². The Labute approximate surface area is 124 Å². The predicted molar refractivity (Wildman–Crippen MR) is 83.9 cm³/mol. The molecule has 1 heterocycles. The normalized spacial score (nSPS) is 13.6. The molecule has 0 aliphatic rings. The monoisotopic (exact) mass is 275 g/mol. The molecule has 104 valence electrons. The van der Waals surface area contributed by atoms with Crippen LogP contribution in [0.5, 0.6) is 0 Å². The predicted octanol–water partition coefficient (Wildman–Crippen LogP) is 3.95. The van der Waals surface area contributed by atoms with Crippen LogP contribution in [0.3, 0.4) is 0 Å². The minimum Gasteiger partial charge on any atom is -0.387 e. The lowest BCUT2D eigenvalue weighted by molar-refractivity contribution is 0.157. The standard InChI is InChI=1S/C19H17NO/c21-19(16-11-5-2-6-12-16)18(15-9-3-1-4-10-15)17-13-7-8-14-20-17/h1-14,18-19,21H/t18-,19+/m0/s1. The fourth-order valence-corrected chi connectivity index (χ4v) is 2.58. The van der Waals surface area contributed by atoms with Gasteiger partial charge < -0.3 is 5.11 Å². The van der Waals surface area contributed by atoms with Crippen molar-refractivity contribution in [3.63, 3.8) is 0 Å². The van der Waals surface area contributed by atoms with Gasteiger partial charge in [-0.3, -0.25) is 4.98 Å². The van der Waals surface area contributed by atoms with Crippen molar-refractivity contribution in [3.05, 3.63) is 102 Å². The summed E-state index contributed by atoms with van der Waals surface area (Å²) < 4.78 is 0. The molecule has 0 radical (unpaired) electrons. The third-order valence-corrected chi connectivity index (χ3v) is 3.62. The molecule has 0 spiro atoms. The number of nitrogens with zero attached hydrogens (tertiary/aromatic N) is 1. The van der Waals surface area contributed by atoms with Crippen LogP contribution in [0.4, 0.5) is 0 Å². The second kappa shape index (κ2) is 6.33. The smallest absolute Gasteiger partial charge is 0.0914 e. The maximum absolute atomic E-state index is 10.8. The molecule has 2 heteroatoms. The molecule has 0 saturated carbocycles. The van der Waals surface area contributed by atoms with Crippen molar-refractivity contribution < 1.29 is 5.11 Å². The van der Waals surface area contributed by atoms with Crippen LogP contribution in [-0.4, -0.2) is 10.1 Å². The molecule has 2 atom stereocenters. The maximum atomic E-state index is 10.8. The first kappa shape index (κ1) is 13.5. The van der Waals surface area contributed by atoms with Crippen LogP contribution in [-0.2, 0) is 0 Å². The second-order valence-electron chi connectivity index (χ2n) is 5.00. The molecule has 0 bridgehead atoms. The fourth-order valence-electron chi connectivity index (χ4n) is 2.58. The van der Waals surface area contributed by atoms with Crippen LogP contribution < -0.4 is 0 Å².